The normalized spacial score (nSPS) is 10.8. The fourth-order valence-electron chi connectivity index (χ4n) is 3.18. The molecule has 1 heterocycles. The Bertz CT molecular complexity index is 970. The number of aryl methyl sites for hydroxylation is 2. The maximum Gasteiger partial charge on any atom is 0.254 e. The number of hydrogen-bond acceptors (Lipinski definition) is 5. The first-order valence-corrected chi connectivity index (χ1v) is 10.9. The number of hydrogen-bond donors (Lipinski definition) is 0. The fourth-order valence-corrected chi connectivity index (χ4v) is 3.87. The standard InChI is InChI=1S/C24H28N2O3S/c1-18-9-4-6-11-21(18)24(27)26(13-8-14-28-3)15-20-17-30-23(25-20)16-29-22-12-7-5-10-19(22)2/h4-7,9-12,17H,8,13-16H2,1-3H3. The molecular weight excluding hydrogens is 396 g/mol. The van der Waals surface area contributed by atoms with Crippen molar-refractivity contribution in [2.45, 2.75) is 33.4 Å². The van der Waals surface area contributed by atoms with Crippen LogP contribution in [0.2, 0.25) is 0 Å². The largest absolute Gasteiger partial charge is 0.486 e. The van der Waals surface area contributed by atoms with Crippen molar-refractivity contribution in [1.29, 1.82) is 0 Å². The summed E-state index contributed by atoms with van der Waals surface area (Å²) in [5.74, 6) is 0.889. The lowest BCUT2D eigenvalue weighted by Gasteiger charge is -2.22. The Morgan fingerprint density at radius 2 is 1.80 bits per heavy atom. The molecule has 2 aromatic carbocycles. The molecule has 0 atom stereocenters. The summed E-state index contributed by atoms with van der Waals surface area (Å²) < 4.78 is 11.1. The van der Waals surface area contributed by atoms with Gasteiger partial charge in [-0.25, -0.2) is 4.98 Å². The van der Waals surface area contributed by atoms with Gasteiger partial charge < -0.3 is 14.4 Å². The fraction of sp³-hybridized carbons (Fsp3) is 0.333. The van der Waals surface area contributed by atoms with Crippen LogP contribution in [0.25, 0.3) is 0 Å². The number of benzene rings is 2. The molecule has 0 unspecified atom stereocenters. The first kappa shape index (κ1) is 22.0. The average molecular weight is 425 g/mol. The van der Waals surface area contributed by atoms with Crippen molar-refractivity contribution in [3.05, 3.63) is 81.3 Å². The summed E-state index contributed by atoms with van der Waals surface area (Å²) in [6.45, 7) is 6.11. The molecule has 0 aliphatic heterocycles. The van der Waals surface area contributed by atoms with E-state index in [1.807, 2.05) is 72.7 Å². The van der Waals surface area contributed by atoms with Crippen LogP contribution < -0.4 is 4.74 Å². The Morgan fingerprint density at radius 3 is 2.53 bits per heavy atom. The SMILES string of the molecule is COCCCN(Cc1csc(COc2ccccc2C)n1)C(=O)c1ccccc1C. The minimum absolute atomic E-state index is 0.0231. The molecule has 0 radical (unpaired) electrons. The van der Waals surface area contributed by atoms with Gasteiger partial charge in [0.05, 0.1) is 12.2 Å². The van der Waals surface area contributed by atoms with Crippen LogP contribution in [0, 0.1) is 13.8 Å². The van der Waals surface area contributed by atoms with Crippen LogP contribution in [0.1, 0.15) is 38.6 Å². The summed E-state index contributed by atoms with van der Waals surface area (Å²) in [4.78, 5) is 19.7. The van der Waals surface area contributed by atoms with Crippen molar-refractivity contribution in [3.63, 3.8) is 0 Å². The summed E-state index contributed by atoms with van der Waals surface area (Å²) >= 11 is 1.56. The first-order chi connectivity index (χ1) is 14.6. The zero-order valence-electron chi connectivity index (χ0n) is 17.8. The first-order valence-electron chi connectivity index (χ1n) is 10.0. The smallest absolute Gasteiger partial charge is 0.254 e. The monoisotopic (exact) mass is 424 g/mol. The Balaban J connectivity index is 1.67. The number of methoxy groups -OCH3 is 1. The van der Waals surface area contributed by atoms with Gasteiger partial charge in [0.15, 0.2) is 0 Å². The van der Waals surface area contributed by atoms with Crippen molar-refractivity contribution in [2.75, 3.05) is 20.3 Å². The third-order valence-electron chi connectivity index (χ3n) is 4.84. The molecular formula is C24H28N2O3S. The average Bonchev–Trinajstić information content (AvgIpc) is 3.20. The van der Waals surface area contributed by atoms with E-state index in [0.717, 1.165) is 39.6 Å². The third kappa shape index (κ3) is 5.90. The highest BCUT2D eigenvalue weighted by Gasteiger charge is 2.19. The molecule has 3 aromatic rings. The Morgan fingerprint density at radius 1 is 1.07 bits per heavy atom. The predicted octanol–water partition coefficient (Wildman–Crippen LogP) is 5.02. The van der Waals surface area contributed by atoms with E-state index in [4.69, 9.17) is 9.47 Å². The Labute approximate surface area is 182 Å². The number of ether oxygens (including phenoxy) is 2. The molecule has 0 N–H and O–H groups in total. The minimum atomic E-state index is 0.0231. The topological polar surface area (TPSA) is 51.7 Å². The van der Waals surface area contributed by atoms with Gasteiger partial charge in [-0.1, -0.05) is 36.4 Å². The van der Waals surface area contributed by atoms with Gasteiger partial charge in [-0.2, -0.15) is 0 Å². The molecule has 6 heteroatoms. The molecule has 0 aliphatic carbocycles. The van der Waals surface area contributed by atoms with Crippen LogP contribution in [-0.4, -0.2) is 36.1 Å². The van der Waals surface area contributed by atoms with Gasteiger partial charge in [-0.05, 0) is 43.5 Å². The van der Waals surface area contributed by atoms with Gasteiger partial charge in [0.2, 0.25) is 0 Å². The van der Waals surface area contributed by atoms with Crippen molar-refractivity contribution < 1.29 is 14.3 Å². The van der Waals surface area contributed by atoms with E-state index in [9.17, 15) is 4.79 Å². The Hall–Kier alpha value is -2.70. The van der Waals surface area contributed by atoms with Crippen LogP contribution in [0.5, 0.6) is 5.75 Å². The quantitative estimate of drug-likeness (QED) is 0.429. The summed E-state index contributed by atoms with van der Waals surface area (Å²) in [6, 6.07) is 15.6. The maximum atomic E-state index is 13.2. The van der Waals surface area contributed by atoms with Gasteiger partial charge in [0.25, 0.3) is 5.91 Å². The lowest BCUT2D eigenvalue weighted by molar-refractivity contribution is 0.0721. The second-order valence-electron chi connectivity index (χ2n) is 7.17. The highest BCUT2D eigenvalue weighted by molar-refractivity contribution is 7.09. The van der Waals surface area contributed by atoms with E-state index < -0.39 is 0 Å². The van der Waals surface area contributed by atoms with Crippen molar-refractivity contribution in [2.24, 2.45) is 0 Å². The highest BCUT2D eigenvalue weighted by atomic mass is 32.1. The van der Waals surface area contributed by atoms with Crippen LogP contribution in [-0.2, 0) is 17.9 Å². The molecule has 1 aromatic heterocycles. The van der Waals surface area contributed by atoms with Gasteiger partial charge in [0, 0.05) is 31.2 Å². The number of rotatable bonds is 10. The minimum Gasteiger partial charge on any atom is -0.486 e. The molecule has 0 spiro atoms. The van der Waals surface area contributed by atoms with Gasteiger partial charge in [-0.15, -0.1) is 11.3 Å². The Kier molecular flexibility index (Phi) is 7.99. The van der Waals surface area contributed by atoms with Crippen LogP contribution in [0.3, 0.4) is 0 Å². The second kappa shape index (κ2) is 10.9. The van der Waals surface area contributed by atoms with Gasteiger partial charge >= 0.3 is 0 Å². The van der Waals surface area contributed by atoms with Crippen molar-refractivity contribution >= 4 is 17.2 Å². The van der Waals surface area contributed by atoms with Crippen LogP contribution in [0.4, 0.5) is 0 Å². The van der Waals surface area contributed by atoms with E-state index in [1.54, 1.807) is 18.4 Å². The van der Waals surface area contributed by atoms with Gasteiger partial charge in [0.1, 0.15) is 17.4 Å². The molecule has 1 amide bonds. The van der Waals surface area contributed by atoms with Crippen molar-refractivity contribution in [3.8, 4) is 5.75 Å². The summed E-state index contributed by atoms with van der Waals surface area (Å²) in [7, 11) is 1.68. The molecule has 30 heavy (non-hydrogen) atoms. The van der Waals surface area contributed by atoms with E-state index in [1.165, 1.54) is 0 Å². The number of carbonyl (C=O) groups is 1. The van der Waals surface area contributed by atoms with Crippen molar-refractivity contribution in [1.82, 2.24) is 9.88 Å². The summed E-state index contributed by atoms with van der Waals surface area (Å²) in [5, 5.41) is 2.90. The third-order valence-corrected chi connectivity index (χ3v) is 5.71. The van der Waals surface area contributed by atoms with Crippen LogP contribution in [0.15, 0.2) is 53.9 Å². The van der Waals surface area contributed by atoms with Crippen LogP contribution >= 0.6 is 11.3 Å². The number of thiazole rings is 1. The molecule has 0 saturated heterocycles. The number of amides is 1. The maximum absolute atomic E-state index is 13.2. The molecule has 158 valence electrons. The molecule has 0 bridgehead atoms. The predicted molar refractivity (Wildman–Crippen MR) is 120 cm³/mol. The number of nitrogens with zero attached hydrogens (tertiary/aromatic N) is 2. The van der Waals surface area contributed by atoms with E-state index in [2.05, 4.69) is 4.98 Å². The molecule has 3 rings (SSSR count). The lowest BCUT2D eigenvalue weighted by atomic mass is 10.1. The molecule has 0 fully saturated rings. The summed E-state index contributed by atoms with van der Waals surface area (Å²) in [6.07, 6.45) is 0.779. The van der Waals surface area contributed by atoms with Gasteiger partial charge in [-0.3, -0.25) is 4.79 Å². The highest BCUT2D eigenvalue weighted by Crippen LogP contribution is 2.20. The van der Waals surface area contributed by atoms with E-state index in [0.29, 0.717) is 26.3 Å². The number of aromatic nitrogens is 1. The summed E-state index contributed by atoms with van der Waals surface area (Å²) in [5.41, 5.74) is 3.68. The zero-order valence-corrected chi connectivity index (χ0v) is 18.6. The molecule has 5 nitrogen and oxygen atoms in total. The van der Waals surface area contributed by atoms with E-state index >= 15 is 0 Å². The second-order valence-corrected chi connectivity index (χ2v) is 8.12. The molecule has 0 aliphatic rings. The zero-order chi connectivity index (χ0) is 21.3. The van der Waals surface area contributed by atoms with E-state index in [-0.39, 0.29) is 5.91 Å². The number of para-hydroxylation sites is 1. The molecule has 0 saturated carbocycles. The lowest BCUT2D eigenvalue weighted by Crippen LogP contribution is -2.32. The number of carbonyl (C=O) groups excluding carboxylic acids is 1.